The molecule has 14 heteroatoms. The summed E-state index contributed by atoms with van der Waals surface area (Å²) in [6.45, 7) is 6.36. The van der Waals surface area contributed by atoms with E-state index in [1.165, 1.54) is 0 Å². The molecule has 2 N–H and O–H groups in total. The van der Waals surface area contributed by atoms with Gasteiger partial charge < -0.3 is 33.3 Å². The van der Waals surface area contributed by atoms with Crippen molar-refractivity contribution in [3.05, 3.63) is 112 Å². The molecule has 2 aliphatic rings. The van der Waals surface area contributed by atoms with Gasteiger partial charge in [0.2, 0.25) is 5.95 Å². The van der Waals surface area contributed by atoms with Gasteiger partial charge in [0.15, 0.2) is 11.2 Å². The molecule has 0 spiro atoms. The Labute approximate surface area is 304 Å². The lowest BCUT2D eigenvalue weighted by Gasteiger charge is -2.37. The summed E-state index contributed by atoms with van der Waals surface area (Å²) in [4.78, 5) is 25.0. The van der Waals surface area contributed by atoms with Crippen molar-refractivity contribution >= 4 is 25.6 Å². The molecule has 0 aliphatic carbocycles. The van der Waals surface area contributed by atoms with Gasteiger partial charge in [-0.3, -0.25) is 14.3 Å². The molecule has 7 rings (SSSR count). The molecular formula is C38H45N6O7P. The molecule has 0 radical (unpaired) electrons. The molecule has 0 saturated carbocycles. The predicted octanol–water partition coefficient (Wildman–Crippen LogP) is 6.08. The molecule has 13 nitrogen and oxygen atoms in total. The van der Waals surface area contributed by atoms with Crippen LogP contribution in [0.4, 0.5) is 5.95 Å². The van der Waals surface area contributed by atoms with Crippen LogP contribution in [0.2, 0.25) is 0 Å². The first-order valence-corrected chi connectivity index (χ1v) is 18.6. The highest BCUT2D eigenvalue weighted by Gasteiger charge is 2.45. The molecule has 52 heavy (non-hydrogen) atoms. The summed E-state index contributed by atoms with van der Waals surface area (Å²) in [5.74, 6) is 2.22. The van der Waals surface area contributed by atoms with Crippen molar-refractivity contribution in [3.63, 3.8) is 0 Å². The summed E-state index contributed by atoms with van der Waals surface area (Å²) < 4.78 is 41.7. The Morgan fingerprint density at radius 2 is 1.63 bits per heavy atom. The minimum absolute atomic E-state index is 0.156. The highest BCUT2D eigenvalue weighted by atomic mass is 31.2. The Morgan fingerprint density at radius 3 is 2.23 bits per heavy atom. The number of likely N-dealkylation sites (N-methyl/N-ethyl adjacent to an activating group) is 1. The first-order chi connectivity index (χ1) is 25.3. The lowest BCUT2D eigenvalue weighted by atomic mass is 9.80. The Hall–Kier alpha value is -4.36. The molecular weight excluding hydrogens is 683 g/mol. The number of aromatic nitrogens is 4. The van der Waals surface area contributed by atoms with Crippen LogP contribution in [0.25, 0.3) is 11.2 Å². The third-order valence-electron chi connectivity index (χ3n) is 9.36. The summed E-state index contributed by atoms with van der Waals surface area (Å²) in [6, 6.07) is 26.0. The number of nitrogens with one attached hydrogen (secondary N) is 2. The van der Waals surface area contributed by atoms with E-state index in [2.05, 4.69) is 45.9 Å². The van der Waals surface area contributed by atoms with Gasteiger partial charge in [0.1, 0.15) is 29.4 Å². The normalized spacial score (nSPS) is 20.9. The zero-order chi connectivity index (χ0) is 36.2. The van der Waals surface area contributed by atoms with E-state index >= 15 is 0 Å². The number of anilines is 1. The highest BCUT2D eigenvalue weighted by molar-refractivity contribution is 7.44. The van der Waals surface area contributed by atoms with E-state index in [0.29, 0.717) is 37.1 Å². The van der Waals surface area contributed by atoms with Crippen molar-refractivity contribution in [1.82, 2.24) is 24.2 Å². The lowest BCUT2D eigenvalue weighted by molar-refractivity contribution is -0.0905. The van der Waals surface area contributed by atoms with Crippen molar-refractivity contribution in [2.75, 3.05) is 52.9 Å². The van der Waals surface area contributed by atoms with E-state index in [1.807, 2.05) is 78.3 Å². The molecule has 3 aromatic carbocycles. The molecule has 0 amide bonds. The largest absolute Gasteiger partial charge is 0.497 e. The SMILES string of the molecule is COc1ccc(C(OC[C@H]2O[C@@H](n3cnc4c(=O)[nH]c(NCC(C)C)nc43)C[C@@H]2OP2OCCN2C)(c2ccccc2)c2ccc(OC)cc2)cc1. The summed E-state index contributed by atoms with van der Waals surface area (Å²) in [7, 11) is 4.01. The highest BCUT2D eigenvalue weighted by Crippen LogP contribution is 2.50. The number of hydrogen-bond donors (Lipinski definition) is 2. The molecule has 2 aromatic heterocycles. The maximum atomic E-state index is 13.0. The second-order valence-electron chi connectivity index (χ2n) is 13.3. The van der Waals surface area contributed by atoms with Crippen LogP contribution < -0.4 is 20.3 Å². The van der Waals surface area contributed by atoms with Crippen LogP contribution in [0.15, 0.2) is 90.0 Å². The number of H-pyrrole nitrogens is 1. The Balaban J connectivity index is 1.27. The minimum atomic E-state index is -1.29. The predicted molar refractivity (Wildman–Crippen MR) is 199 cm³/mol. The van der Waals surface area contributed by atoms with E-state index in [4.69, 9.17) is 33.0 Å². The van der Waals surface area contributed by atoms with E-state index < -0.39 is 32.6 Å². The number of nitrogens with zero attached hydrogens (tertiary/aromatic N) is 4. The van der Waals surface area contributed by atoms with Crippen LogP contribution in [-0.4, -0.2) is 84.0 Å². The summed E-state index contributed by atoms with van der Waals surface area (Å²) in [6.07, 6.45) is 0.600. The summed E-state index contributed by atoms with van der Waals surface area (Å²) >= 11 is 0. The second-order valence-corrected chi connectivity index (χ2v) is 14.9. The van der Waals surface area contributed by atoms with Gasteiger partial charge in [0.25, 0.3) is 14.1 Å². The number of aromatic amines is 1. The van der Waals surface area contributed by atoms with Crippen molar-refractivity contribution in [2.24, 2.45) is 5.92 Å². The third kappa shape index (κ3) is 7.30. The van der Waals surface area contributed by atoms with Crippen LogP contribution in [-0.2, 0) is 24.1 Å². The molecule has 1 unspecified atom stereocenters. The number of imidazole rings is 1. The fourth-order valence-corrected chi connectivity index (χ4v) is 7.95. The Kier molecular flexibility index (Phi) is 10.9. The van der Waals surface area contributed by atoms with E-state index in [-0.39, 0.29) is 17.7 Å². The van der Waals surface area contributed by atoms with Crippen molar-refractivity contribution in [2.45, 2.75) is 44.3 Å². The van der Waals surface area contributed by atoms with Crippen LogP contribution in [0.1, 0.15) is 43.2 Å². The lowest BCUT2D eigenvalue weighted by Crippen LogP contribution is -2.38. The van der Waals surface area contributed by atoms with Crippen molar-refractivity contribution in [1.29, 1.82) is 0 Å². The minimum Gasteiger partial charge on any atom is -0.497 e. The van der Waals surface area contributed by atoms with Crippen LogP contribution >= 0.6 is 8.53 Å². The fraction of sp³-hybridized carbons (Fsp3) is 0.395. The van der Waals surface area contributed by atoms with Crippen LogP contribution in [0.5, 0.6) is 11.5 Å². The van der Waals surface area contributed by atoms with Gasteiger partial charge in [0.05, 0.1) is 39.9 Å². The molecule has 4 atom stereocenters. The zero-order valence-corrected chi connectivity index (χ0v) is 30.9. The standard InChI is InChI=1S/C38H45N6O7P/c1-25(2)22-39-37-41-35-34(36(45)42-37)40-24-44(35)33-21-31(51-52-43(3)19-20-49-52)32(50-33)23-48-38(26-9-7-6-8-10-26,27-11-15-29(46-4)16-12-27)28-13-17-30(47-5)18-14-28/h6-18,24-25,31-33H,19-23H2,1-5H3,(H2,39,41,42,45)/t31-,32+,33+,52?/m0/s1. The molecule has 5 aromatic rings. The maximum Gasteiger partial charge on any atom is 0.280 e. The fourth-order valence-electron chi connectivity index (χ4n) is 6.59. The van der Waals surface area contributed by atoms with Gasteiger partial charge in [-0.2, -0.15) is 4.98 Å². The molecule has 0 bridgehead atoms. The Bertz CT molecular complexity index is 1940. The molecule has 2 fully saturated rings. The van der Waals surface area contributed by atoms with Gasteiger partial charge in [-0.1, -0.05) is 68.4 Å². The number of hydrogen-bond acceptors (Lipinski definition) is 11. The van der Waals surface area contributed by atoms with Gasteiger partial charge in [0, 0.05) is 19.5 Å². The molecule has 4 heterocycles. The summed E-state index contributed by atoms with van der Waals surface area (Å²) in [5.41, 5.74) is 2.04. The second kappa shape index (κ2) is 15.7. The number of ether oxygens (including phenoxy) is 4. The van der Waals surface area contributed by atoms with Gasteiger partial charge in [-0.05, 0) is 53.9 Å². The topological polar surface area (TPSA) is 134 Å². The van der Waals surface area contributed by atoms with E-state index in [0.717, 1.165) is 34.7 Å². The number of rotatable bonds is 14. The van der Waals surface area contributed by atoms with Crippen LogP contribution in [0.3, 0.4) is 0 Å². The average molecular weight is 729 g/mol. The quantitative estimate of drug-likeness (QED) is 0.102. The smallest absolute Gasteiger partial charge is 0.280 e. The summed E-state index contributed by atoms with van der Waals surface area (Å²) in [5, 5.41) is 3.22. The van der Waals surface area contributed by atoms with E-state index in [1.54, 1.807) is 20.5 Å². The average Bonchev–Trinajstić information content (AvgIpc) is 3.90. The van der Waals surface area contributed by atoms with Crippen molar-refractivity contribution < 1.29 is 28.0 Å². The van der Waals surface area contributed by atoms with Gasteiger partial charge >= 0.3 is 0 Å². The Morgan fingerprint density at radius 1 is 0.981 bits per heavy atom. The molecule has 274 valence electrons. The van der Waals surface area contributed by atoms with Crippen molar-refractivity contribution in [3.8, 4) is 11.5 Å². The van der Waals surface area contributed by atoms with Crippen LogP contribution in [0, 0.1) is 5.92 Å². The first-order valence-electron chi connectivity index (χ1n) is 17.4. The number of fused-ring (bicyclic) bond motifs is 1. The number of methoxy groups -OCH3 is 2. The zero-order valence-electron chi connectivity index (χ0n) is 30.0. The van der Waals surface area contributed by atoms with Gasteiger partial charge in [-0.25, -0.2) is 9.65 Å². The monoisotopic (exact) mass is 728 g/mol. The molecule has 2 saturated heterocycles. The number of benzene rings is 3. The van der Waals surface area contributed by atoms with Gasteiger partial charge in [-0.15, -0.1) is 0 Å². The maximum absolute atomic E-state index is 13.0. The van der Waals surface area contributed by atoms with E-state index in [9.17, 15) is 4.79 Å². The third-order valence-corrected chi connectivity index (χ3v) is 11.0. The molecule has 2 aliphatic heterocycles. The first kappa shape index (κ1) is 36.0.